The second-order valence-corrected chi connectivity index (χ2v) is 7.48. The molecule has 0 fully saturated rings. The molecule has 0 unspecified atom stereocenters. The molecule has 0 aromatic heterocycles. The molecule has 0 saturated carbocycles. The van der Waals surface area contributed by atoms with Crippen LogP contribution in [0.1, 0.15) is 61.0 Å². The Hall–Kier alpha value is -3.42. The summed E-state index contributed by atoms with van der Waals surface area (Å²) in [4.78, 5) is 35.3. The summed E-state index contributed by atoms with van der Waals surface area (Å²) < 4.78 is 5.08. The number of rotatable bonds is 8. The van der Waals surface area contributed by atoms with Crippen molar-refractivity contribution in [2.45, 2.75) is 39.5 Å². The van der Waals surface area contributed by atoms with Crippen molar-refractivity contribution in [3.63, 3.8) is 0 Å². The van der Waals surface area contributed by atoms with Crippen LogP contribution in [0.4, 0.5) is 17.1 Å². The van der Waals surface area contributed by atoms with E-state index in [4.69, 9.17) is 4.74 Å². The summed E-state index contributed by atoms with van der Waals surface area (Å²) in [5, 5.41) is 16.7. The Morgan fingerprint density at radius 2 is 1.67 bits per heavy atom. The van der Waals surface area contributed by atoms with Gasteiger partial charge >= 0.3 is 5.97 Å². The lowest BCUT2D eigenvalue weighted by atomic mass is 9.92. The molecular formula is C22H27N3O5. The Balaban J connectivity index is 2.13. The maximum Gasteiger partial charge on any atom is 0.338 e. The molecule has 0 atom stereocenters. The minimum atomic E-state index is -0.808. The zero-order chi connectivity index (χ0) is 22.4. The molecule has 8 nitrogen and oxygen atoms in total. The minimum Gasteiger partial charge on any atom is -0.452 e. The number of nitro benzene ring substituents is 1. The largest absolute Gasteiger partial charge is 0.452 e. The number of nitro groups is 1. The summed E-state index contributed by atoms with van der Waals surface area (Å²) in [5.41, 5.74) is 2.76. The van der Waals surface area contributed by atoms with Crippen LogP contribution in [0, 0.1) is 10.1 Å². The first kappa shape index (κ1) is 22.9. The van der Waals surface area contributed by atoms with Crippen molar-refractivity contribution in [2.24, 2.45) is 0 Å². The van der Waals surface area contributed by atoms with Crippen LogP contribution in [0.5, 0.6) is 0 Å². The van der Waals surface area contributed by atoms with E-state index < -0.39 is 23.4 Å². The van der Waals surface area contributed by atoms with Gasteiger partial charge in [-0.25, -0.2) is 4.79 Å². The number of ether oxygens (including phenoxy) is 1. The molecule has 0 saturated heterocycles. The van der Waals surface area contributed by atoms with Gasteiger partial charge in [-0.2, -0.15) is 0 Å². The maximum absolute atomic E-state index is 12.5. The Kier molecular flexibility index (Phi) is 7.52. The average Bonchev–Trinajstić information content (AvgIpc) is 2.71. The highest BCUT2D eigenvalue weighted by Gasteiger charge is 2.20. The van der Waals surface area contributed by atoms with Crippen molar-refractivity contribution in [3.8, 4) is 0 Å². The fourth-order valence-corrected chi connectivity index (χ4v) is 3.11. The Morgan fingerprint density at radius 1 is 1.07 bits per heavy atom. The molecule has 0 spiro atoms. The monoisotopic (exact) mass is 413 g/mol. The molecule has 0 aliphatic carbocycles. The summed E-state index contributed by atoms with van der Waals surface area (Å²) in [6.07, 6.45) is 0. The predicted octanol–water partition coefficient (Wildman–Crippen LogP) is 4.68. The van der Waals surface area contributed by atoms with Gasteiger partial charge in [-0.3, -0.25) is 14.9 Å². The van der Waals surface area contributed by atoms with E-state index in [1.54, 1.807) is 7.05 Å². The van der Waals surface area contributed by atoms with Gasteiger partial charge in [0.15, 0.2) is 6.61 Å². The van der Waals surface area contributed by atoms with Crippen molar-refractivity contribution in [2.75, 3.05) is 24.3 Å². The first-order chi connectivity index (χ1) is 14.1. The first-order valence-electron chi connectivity index (χ1n) is 9.71. The van der Waals surface area contributed by atoms with Gasteiger partial charge in [-0.1, -0.05) is 45.9 Å². The number of benzene rings is 2. The lowest BCUT2D eigenvalue weighted by Crippen LogP contribution is -2.22. The molecule has 2 aromatic rings. The van der Waals surface area contributed by atoms with Crippen molar-refractivity contribution < 1.29 is 19.2 Å². The van der Waals surface area contributed by atoms with Gasteiger partial charge in [0.25, 0.3) is 11.6 Å². The summed E-state index contributed by atoms with van der Waals surface area (Å²) >= 11 is 0. The molecule has 0 radical (unpaired) electrons. The van der Waals surface area contributed by atoms with E-state index in [1.165, 1.54) is 12.1 Å². The lowest BCUT2D eigenvalue weighted by Gasteiger charge is -2.20. The minimum absolute atomic E-state index is 0.000972. The van der Waals surface area contributed by atoms with Gasteiger partial charge in [0.2, 0.25) is 0 Å². The summed E-state index contributed by atoms with van der Waals surface area (Å²) in [6, 6.07) is 9.83. The van der Waals surface area contributed by atoms with Crippen LogP contribution in [0.15, 0.2) is 36.4 Å². The fraction of sp³-hybridized carbons (Fsp3) is 0.364. The summed E-state index contributed by atoms with van der Waals surface area (Å²) in [5.74, 6) is -0.877. The number of amides is 1. The molecule has 30 heavy (non-hydrogen) atoms. The number of hydrogen-bond donors (Lipinski definition) is 2. The van der Waals surface area contributed by atoms with E-state index in [-0.39, 0.29) is 28.8 Å². The van der Waals surface area contributed by atoms with Crippen molar-refractivity contribution >= 4 is 28.9 Å². The normalized spacial score (nSPS) is 10.8. The maximum atomic E-state index is 12.5. The van der Waals surface area contributed by atoms with Crippen molar-refractivity contribution in [1.82, 2.24) is 0 Å². The molecule has 2 N–H and O–H groups in total. The van der Waals surface area contributed by atoms with E-state index >= 15 is 0 Å². The highest BCUT2D eigenvalue weighted by atomic mass is 16.6. The Morgan fingerprint density at radius 3 is 2.17 bits per heavy atom. The van der Waals surface area contributed by atoms with Crippen LogP contribution in [0.3, 0.4) is 0 Å². The molecule has 8 heteroatoms. The van der Waals surface area contributed by atoms with Crippen LogP contribution in [0.2, 0.25) is 0 Å². The second kappa shape index (κ2) is 9.87. The van der Waals surface area contributed by atoms with Crippen molar-refractivity contribution in [1.29, 1.82) is 0 Å². The molecule has 1 amide bonds. The van der Waals surface area contributed by atoms with Gasteiger partial charge in [-0.05, 0) is 35.1 Å². The van der Waals surface area contributed by atoms with Crippen molar-refractivity contribution in [3.05, 3.63) is 63.2 Å². The number of carbonyl (C=O) groups is 2. The molecule has 160 valence electrons. The third kappa shape index (κ3) is 5.34. The van der Waals surface area contributed by atoms with Gasteiger partial charge in [0.05, 0.1) is 10.5 Å². The van der Waals surface area contributed by atoms with Gasteiger partial charge < -0.3 is 15.4 Å². The van der Waals surface area contributed by atoms with E-state index in [2.05, 4.69) is 10.6 Å². The number of esters is 1. The van der Waals surface area contributed by atoms with E-state index in [0.717, 1.165) is 22.9 Å². The number of hydrogen-bond acceptors (Lipinski definition) is 6. The SMILES string of the molecule is CNc1ccc(C(=O)OCC(=O)Nc2c(C(C)C)cccc2C(C)C)cc1[N+](=O)[O-]. The quantitative estimate of drug-likeness (QED) is 0.369. The number of nitrogens with zero attached hydrogens (tertiary/aromatic N) is 1. The molecule has 2 rings (SSSR count). The lowest BCUT2D eigenvalue weighted by molar-refractivity contribution is -0.384. The van der Waals surface area contributed by atoms with E-state index in [1.807, 2.05) is 45.9 Å². The summed E-state index contributed by atoms with van der Waals surface area (Å²) in [6.45, 7) is 7.66. The van der Waals surface area contributed by atoms with Gasteiger partial charge in [0.1, 0.15) is 5.69 Å². The topological polar surface area (TPSA) is 111 Å². The highest BCUT2D eigenvalue weighted by molar-refractivity contribution is 5.97. The number of anilines is 2. The highest BCUT2D eigenvalue weighted by Crippen LogP contribution is 2.32. The number of para-hydroxylation sites is 1. The Bertz CT molecular complexity index is 928. The smallest absolute Gasteiger partial charge is 0.338 e. The molecule has 0 bridgehead atoms. The van der Waals surface area contributed by atoms with Gasteiger partial charge in [0, 0.05) is 18.8 Å². The fourth-order valence-electron chi connectivity index (χ4n) is 3.11. The number of nitrogens with one attached hydrogen (secondary N) is 2. The third-order valence-corrected chi connectivity index (χ3v) is 4.67. The molecule has 2 aromatic carbocycles. The van der Waals surface area contributed by atoms with Crippen LogP contribution >= 0.6 is 0 Å². The third-order valence-electron chi connectivity index (χ3n) is 4.67. The number of carbonyl (C=O) groups excluding carboxylic acids is 2. The Labute approximate surface area is 175 Å². The first-order valence-corrected chi connectivity index (χ1v) is 9.71. The summed E-state index contributed by atoms with van der Waals surface area (Å²) in [7, 11) is 1.55. The molecule has 0 aliphatic rings. The van der Waals surface area contributed by atoms with Crippen LogP contribution < -0.4 is 10.6 Å². The standard InChI is InChI=1S/C22H27N3O5/c1-13(2)16-7-6-8-17(14(3)4)21(16)24-20(26)12-30-22(27)15-9-10-18(23-5)19(11-15)25(28)29/h6-11,13-14,23H,12H2,1-5H3,(H,24,26). The molecular weight excluding hydrogens is 386 g/mol. The molecule has 0 aliphatic heterocycles. The molecule has 0 heterocycles. The van der Waals surface area contributed by atoms with E-state index in [0.29, 0.717) is 0 Å². The van der Waals surface area contributed by atoms with E-state index in [9.17, 15) is 19.7 Å². The predicted molar refractivity (Wildman–Crippen MR) is 116 cm³/mol. The van der Waals surface area contributed by atoms with Crippen LogP contribution in [-0.2, 0) is 9.53 Å². The average molecular weight is 413 g/mol. The van der Waals surface area contributed by atoms with Crippen LogP contribution in [0.25, 0.3) is 0 Å². The zero-order valence-corrected chi connectivity index (χ0v) is 17.8. The second-order valence-electron chi connectivity index (χ2n) is 7.48. The van der Waals surface area contributed by atoms with Gasteiger partial charge in [-0.15, -0.1) is 0 Å². The zero-order valence-electron chi connectivity index (χ0n) is 17.8. The van der Waals surface area contributed by atoms with Crippen LogP contribution in [-0.4, -0.2) is 30.5 Å².